The maximum atomic E-state index is 14.0. The van der Waals surface area contributed by atoms with Gasteiger partial charge in [-0.3, -0.25) is 9.59 Å². The van der Waals surface area contributed by atoms with Gasteiger partial charge in [-0.15, -0.1) is 0 Å². The summed E-state index contributed by atoms with van der Waals surface area (Å²) in [5.74, 6) is -4.55. The number of ketones is 1. The molecule has 0 saturated carbocycles. The van der Waals surface area contributed by atoms with Crippen molar-refractivity contribution in [2.75, 3.05) is 33.1 Å². The van der Waals surface area contributed by atoms with E-state index in [1.165, 1.54) is 21.0 Å². The molecule has 0 spiro atoms. The summed E-state index contributed by atoms with van der Waals surface area (Å²) in [6.45, 7) is 13.9. The summed E-state index contributed by atoms with van der Waals surface area (Å²) < 4.78 is 24.5. The minimum absolute atomic E-state index is 0.191. The van der Waals surface area contributed by atoms with E-state index in [0.717, 1.165) is 0 Å². The third-order valence-electron chi connectivity index (χ3n) is 9.68. The Labute approximate surface area is 277 Å². The van der Waals surface area contributed by atoms with Crippen LogP contribution in [0.15, 0.2) is 5.16 Å². The van der Waals surface area contributed by atoms with E-state index in [-0.39, 0.29) is 31.6 Å². The van der Waals surface area contributed by atoms with Gasteiger partial charge in [0.25, 0.3) is 0 Å². The number of ether oxygens (including phenoxy) is 4. The van der Waals surface area contributed by atoms with Crippen molar-refractivity contribution >= 4 is 33.4 Å². The van der Waals surface area contributed by atoms with Gasteiger partial charge in [0.1, 0.15) is 30.3 Å². The van der Waals surface area contributed by atoms with Crippen molar-refractivity contribution in [3.63, 3.8) is 0 Å². The van der Waals surface area contributed by atoms with Crippen LogP contribution in [0.2, 0.25) is 0 Å². The summed E-state index contributed by atoms with van der Waals surface area (Å²) in [4.78, 5) is 34.9. The van der Waals surface area contributed by atoms with Gasteiger partial charge in [-0.25, -0.2) is 0 Å². The monoisotopic (exact) mass is 708 g/mol. The topological polar surface area (TPSA) is 157 Å². The molecular weight excluding hydrogens is 652 g/mol. The quantitative estimate of drug-likeness (QED) is 0.112. The molecule has 0 aromatic carbocycles. The highest BCUT2D eigenvalue weighted by atomic mass is 79.9. The first-order valence-electron chi connectivity index (χ1n) is 16.0. The number of esters is 1. The van der Waals surface area contributed by atoms with Crippen molar-refractivity contribution in [3.8, 4) is 0 Å². The van der Waals surface area contributed by atoms with E-state index in [1.807, 2.05) is 32.8 Å². The average molecular weight is 710 g/mol. The van der Waals surface area contributed by atoms with E-state index in [9.17, 15) is 24.9 Å². The first kappa shape index (κ1) is 40.0. The number of aliphatic hydroxyl groups excluding tert-OH is 2. The highest BCUT2D eigenvalue weighted by Crippen LogP contribution is 2.38. The van der Waals surface area contributed by atoms with E-state index >= 15 is 0 Å². The molecule has 2 aliphatic rings. The van der Waals surface area contributed by atoms with Crippen molar-refractivity contribution < 1.29 is 48.7 Å². The normalized spacial score (nSPS) is 43.6. The van der Waals surface area contributed by atoms with Gasteiger partial charge in [-0.2, -0.15) is 0 Å². The molecule has 1 unspecified atom stereocenters. The Morgan fingerprint density at radius 2 is 1.71 bits per heavy atom. The summed E-state index contributed by atoms with van der Waals surface area (Å²) in [5, 5.41) is 39.3. The molecule has 2 aliphatic heterocycles. The SMILES string of the molecule is CC[C@H]1OC(=O)[C@H](C)C(=O)[C@H](C)[C@@H](OC2O[C@H](C)C[C@H](N(C)C)[C@H]2O)[C@@](C)(OC)C[C@@H](C)/C(=N\OCCBr)[C@H](C)[C@@H](O)[C@]1(C)O. The largest absolute Gasteiger partial charge is 0.459 e. The molecule has 2 rings (SSSR count). The molecule has 0 bridgehead atoms. The van der Waals surface area contributed by atoms with Crippen LogP contribution in [0, 0.1) is 23.7 Å². The van der Waals surface area contributed by atoms with E-state index < -0.39 is 77.3 Å². The fourth-order valence-electron chi connectivity index (χ4n) is 6.77. The Morgan fingerprint density at radius 1 is 1.09 bits per heavy atom. The Bertz CT molecular complexity index is 1010. The molecule has 0 aromatic rings. The van der Waals surface area contributed by atoms with Crippen molar-refractivity contribution in [2.45, 2.75) is 129 Å². The van der Waals surface area contributed by atoms with Gasteiger partial charge in [-0.1, -0.05) is 48.8 Å². The van der Waals surface area contributed by atoms with Crippen LogP contribution in [-0.2, 0) is 33.4 Å². The molecule has 0 aliphatic carbocycles. The van der Waals surface area contributed by atoms with Crippen LogP contribution in [0.5, 0.6) is 0 Å². The Balaban J connectivity index is 2.71. The maximum absolute atomic E-state index is 14.0. The standard InChI is InChI=1S/C32H57BrN2O10/c1-12-23-32(8,40)27(38)19(4)24(34-42-14-13-33)17(2)16-31(7,41-11)28(20(5)25(36)21(6)29(39)44-23)45-30-26(37)22(35(9)10)15-18(3)43-30/h17-23,26-28,30,37-38,40H,12-16H2,1-11H3/b34-24+/t17-,18-,19+,20+,21-,22+,23-,26-,27-,28-,30?,31+,32-/m1/s1. The highest BCUT2D eigenvalue weighted by molar-refractivity contribution is 9.09. The Morgan fingerprint density at radius 3 is 2.24 bits per heavy atom. The molecule has 13 heteroatoms. The number of hydrogen-bond acceptors (Lipinski definition) is 12. The van der Waals surface area contributed by atoms with E-state index in [0.29, 0.717) is 17.5 Å². The van der Waals surface area contributed by atoms with Crippen LogP contribution in [0.1, 0.15) is 74.7 Å². The number of aliphatic hydroxyl groups is 3. The van der Waals surface area contributed by atoms with Crippen LogP contribution in [0.25, 0.3) is 0 Å². The maximum Gasteiger partial charge on any atom is 0.316 e. The van der Waals surface area contributed by atoms with Crippen LogP contribution in [0.4, 0.5) is 0 Å². The molecule has 0 radical (unpaired) electrons. The third kappa shape index (κ3) is 9.25. The number of cyclic esters (lactones) is 1. The molecule has 13 atom stereocenters. The number of rotatable bonds is 8. The lowest BCUT2D eigenvalue weighted by Crippen LogP contribution is -2.60. The number of Topliss-reactive ketones (excluding diaryl/α,β-unsaturated/α-hetero) is 1. The minimum Gasteiger partial charge on any atom is -0.459 e. The predicted octanol–water partition coefficient (Wildman–Crippen LogP) is 2.92. The number of hydrogen-bond donors (Lipinski definition) is 3. The smallest absolute Gasteiger partial charge is 0.316 e. The zero-order valence-electron chi connectivity index (χ0n) is 28.9. The van der Waals surface area contributed by atoms with Gasteiger partial charge in [0, 0.05) is 36.2 Å². The predicted molar refractivity (Wildman–Crippen MR) is 173 cm³/mol. The highest BCUT2D eigenvalue weighted by Gasteiger charge is 2.51. The number of nitrogens with zero attached hydrogens (tertiary/aromatic N) is 2. The number of likely N-dealkylation sites (N-methyl/N-ethyl adjacent to an activating group) is 1. The third-order valence-corrected chi connectivity index (χ3v) is 10.0. The van der Waals surface area contributed by atoms with E-state index in [4.69, 9.17) is 23.8 Å². The van der Waals surface area contributed by atoms with E-state index in [1.54, 1.807) is 27.7 Å². The summed E-state index contributed by atoms with van der Waals surface area (Å²) >= 11 is 3.33. The molecule has 2 saturated heterocycles. The minimum atomic E-state index is -1.87. The Kier molecular flexibility index (Phi) is 14.9. The van der Waals surface area contributed by atoms with Gasteiger partial charge < -0.3 is 44.0 Å². The average Bonchev–Trinajstić information content (AvgIpc) is 2.99. The second-order valence-corrected chi connectivity index (χ2v) is 14.3. The lowest BCUT2D eigenvalue weighted by Gasteiger charge is -2.47. The fourth-order valence-corrected chi connectivity index (χ4v) is 6.92. The number of carbonyl (C=O) groups is 2. The van der Waals surface area contributed by atoms with Crippen LogP contribution in [-0.4, -0.2) is 125 Å². The first-order valence-corrected chi connectivity index (χ1v) is 17.1. The van der Waals surface area contributed by atoms with Gasteiger partial charge >= 0.3 is 5.97 Å². The van der Waals surface area contributed by atoms with Crippen molar-refractivity contribution in [3.05, 3.63) is 0 Å². The van der Waals surface area contributed by atoms with Gasteiger partial charge in [0.05, 0.1) is 29.6 Å². The molecule has 12 nitrogen and oxygen atoms in total. The molecule has 0 aromatic heterocycles. The second kappa shape index (κ2) is 16.8. The zero-order chi connectivity index (χ0) is 34.4. The summed E-state index contributed by atoms with van der Waals surface area (Å²) in [6, 6.07) is -0.253. The van der Waals surface area contributed by atoms with Crippen molar-refractivity contribution in [1.29, 1.82) is 0 Å². The lowest BCUT2D eigenvalue weighted by molar-refractivity contribution is -0.295. The number of alkyl halides is 1. The van der Waals surface area contributed by atoms with E-state index in [2.05, 4.69) is 21.1 Å². The molecule has 2 heterocycles. The lowest BCUT2D eigenvalue weighted by atomic mass is 9.74. The summed E-state index contributed by atoms with van der Waals surface area (Å²) in [6.07, 6.45) is -4.82. The molecule has 0 amide bonds. The van der Waals surface area contributed by atoms with Gasteiger partial charge in [-0.05, 0) is 61.1 Å². The van der Waals surface area contributed by atoms with Crippen molar-refractivity contribution in [1.82, 2.24) is 4.90 Å². The molecular formula is C32H57BrN2O10. The first-order chi connectivity index (χ1) is 20.9. The summed E-state index contributed by atoms with van der Waals surface area (Å²) in [5.41, 5.74) is -2.61. The molecule has 2 fully saturated rings. The van der Waals surface area contributed by atoms with Gasteiger partial charge in [0.15, 0.2) is 12.1 Å². The molecule has 3 N–H and O–H groups in total. The van der Waals surface area contributed by atoms with Crippen LogP contribution < -0.4 is 0 Å². The zero-order valence-corrected chi connectivity index (χ0v) is 30.4. The van der Waals surface area contributed by atoms with Crippen molar-refractivity contribution in [2.24, 2.45) is 28.8 Å². The van der Waals surface area contributed by atoms with Crippen LogP contribution in [0.3, 0.4) is 0 Å². The number of methoxy groups -OCH3 is 1. The number of carbonyl (C=O) groups excluding carboxylic acids is 2. The number of halogens is 1. The molecule has 45 heavy (non-hydrogen) atoms. The summed E-state index contributed by atoms with van der Waals surface area (Å²) in [7, 11) is 5.26. The Hall–Kier alpha value is -1.19. The van der Waals surface area contributed by atoms with Crippen LogP contribution >= 0.6 is 15.9 Å². The fraction of sp³-hybridized carbons (Fsp3) is 0.906. The van der Waals surface area contributed by atoms with Gasteiger partial charge in [0.2, 0.25) is 0 Å². The molecule has 262 valence electrons. The number of oxime groups is 1. The second-order valence-electron chi connectivity index (χ2n) is 13.5.